The van der Waals surface area contributed by atoms with Crippen LogP contribution in [0.15, 0.2) is 42.5 Å². The van der Waals surface area contributed by atoms with E-state index in [0.29, 0.717) is 6.04 Å². The highest BCUT2D eigenvalue weighted by molar-refractivity contribution is 5.36. The van der Waals surface area contributed by atoms with E-state index < -0.39 is 0 Å². The fourth-order valence-corrected chi connectivity index (χ4v) is 3.35. The second kappa shape index (κ2) is 5.98. The Bertz CT molecular complexity index is 635. The van der Waals surface area contributed by atoms with Crippen LogP contribution in [0.5, 0.6) is 0 Å². The highest BCUT2D eigenvalue weighted by Crippen LogP contribution is 2.33. The number of hydrogen-bond acceptors (Lipinski definition) is 1. The van der Waals surface area contributed by atoms with Crippen molar-refractivity contribution >= 4 is 0 Å². The van der Waals surface area contributed by atoms with Crippen LogP contribution in [0, 0.1) is 12.7 Å². The molecule has 0 amide bonds. The predicted octanol–water partition coefficient (Wildman–Crippen LogP) is 4.34. The summed E-state index contributed by atoms with van der Waals surface area (Å²) in [7, 11) is 0. The first kappa shape index (κ1) is 14.3. The summed E-state index contributed by atoms with van der Waals surface area (Å²) >= 11 is 0. The lowest BCUT2D eigenvalue weighted by molar-refractivity contribution is 0.451. The van der Waals surface area contributed by atoms with Crippen LogP contribution in [0.1, 0.15) is 41.6 Å². The molecule has 0 saturated heterocycles. The third kappa shape index (κ3) is 3.01. The molecular formula is C19H22FN. The standard InChI is InChI=1S/C19H22FN/c1-13-6-3-4-7-15(13)12-14(2)21-19-11-10-16-17(19)8-5-9-18(16)20/h3-9,14,19,21H,10-12H2,1-2H3. The predicted molar refractivity (Wildman–Crippen MR) is 84.9 cm³/mol. The van der Waals surface area contributed by atoms with Crippen LogP contribution >= 0.6 is 0 Å². The SMILES string of the molecule is Cc1ccccc1CC(C)NC1CCc2c(F)cccc21. The Morgan fingerprint density at radius 2 is 2.00 bits per heavy atom. The van der Waals surface area contributed by atoms with E-state index in [4.69, 9.17) is 0 Å². The summed E-state index contributed by atoms with van der Waals surface area (Å²) in [6, 6.07) is 14.6. The van der Waals surface area contributed by atoms with E-state index in [9.17, 15) is 4.39 Å². The number of benzene rings is 2. The maximum absolute atomic E-state index is 13.8. The van der Waals surface area contributed by atoms with Crippen molar-refractivity contribution in [1.82, 2.24) is 5.32 Å². The summed E-state index contributed by atoms with van der Waals surface area (Å²) in [6.45, 7) is 4.37. The van der Waals surface area contributed by atoms with Gasteiger partial charge < -0.3 is 5.32 Å². The lowest BCUT2D eigenvalue weighted by Gasteiger charge is -2.21. The van der Waals surface area contributed by atoms with Crippen molar-refractivity contribution in [2.75, 3.05) is 0 Å². The van der Waals surface area contributed by atoms with E-state index in [1.54, 1.807) is 6.07 Å². The molecule has 2 atom stereocenters. The molecule has 0 spiro atoms. The van der Waals surface area contributed by atoms with Crippen LogP contribution in [-0.4, -0.2) is 6.04 Å². The number of halogens is 1. The van der Waals surface area contributed by atoms with Gasteiger partial charge >= 0.3 is 0 Å². The monoisotopic (exact) mass is 283 g/mol. The van der Waals surface area contributed by atoms with E-state index in [0.717, 1.165) is 30.4 Å². The second-order valence-electron chi connectivity index (χ2n) is 6.10. The molecule has 1 aliphatic carbocycles. The molecule has 0 saturated carbocycles. The molecule has 0 aliphatic heterocycles. The minimum Gasteiger partial charge on any atom is -0.307 e. The van der Waals surface area contributed by atoms with Crippen LogP contribution in [0.2, 0.25) is 0 Å². The van der Waals surface area contributed by atoms with Crippen LogP contribution in [0.4, 0.5) is 4.39 Å². The van der Waals surface area contributed by atoms with E-state index in [1.807, 2.05) is 6.07 Å². The Morgan fingerprint density at radius 1 is 1.19 bits per heavy atom. The van der Waals surface area contributed by atoms with Gasteiger partial charge in [0.15, 0.2) is 0 Å². The second-order valence-corrected chi connectivity index (χ2v) is 6.10. The van der Waals surface area contributed by atoms with Gasteiger partial charge in [0.05, 0.1) is 0 Å². The Morgan fingerprint density at radius 3 is 2.81 bits per heavy atom. The first-order chi connectivity index (χ1) is 10.1. The van der Waals surface area contributed by atoms with Gasteiger partial charge in [-0.05, 0) is 61.4 Å². The molecule has 110 valence electrons. The summed E-state index contributed by atoms with van der Waals surface area (Å²) in [5.74, 6) is -0.0524. The van der Waals surface area contributed by atoms with Gasteiger partial charge in [0.2, 0.25) is 0 Å². The summed E-state index contributed by atoms with van der Waals surface area (Å²) in [5.41, 5.74) is 4.77. The molecule has 1 aliphatic rings. The van der Waals surface area contributed by atoms with E-state index in [1.165, 1.54) is 11.1 Å². The quantitative estimate of drug-likeness (QED) is 0.880. The zero-order chi connectivity index (χ0) is 14.8. The molecule has 1 nitrogen and oxygen atoms in total. The Labute approximate surface area is 126 Å². The molecule has 0 fully saturated rings. The highest BCUT2D eigenvalue weighted by Gasteiger charge is 2.25. The summed E-state index contributed by atoms with van der Waals surface area (Å²) in [6.07, 6.45) is 2.85. The number of hydrogen-bond donors (Lipinski definition) is 1. The Kier molecular flexibility index (Phi) is 4.07. The average Bonchev–Trinajstić information content (AvgIpc) is 2.86. The smallest absolute Gasteiger partial charge is 0.126 e. The van der Waals surface area contributed by atoms with Crippen molar-refractivity contribution in [1.29, 1.82) is 0 Å². The number of aryl methyl sites for hydroxylation is 1. The maximum atomic E-state index is 13.8. The molecule has 0 heterocycles. The van der Waals surface area contributed by atoms with Crippen LogP contribution < -0.4 is 5.32 Å². The fourth-order valence-electron chi connectivity index (χ4n) is 3.35. The van der Waals surface area contributed by atoms with E-state index >= 15 is 0 Å². The fraction of sp³-hybridized carbons (Fsp3) is 0.368. The average molecular weight is 283 g/mol. The Hall–Kier alpha value is -1.67. The minimum atomic E-state index is -0.0524. The van der Waals surface area contributed by atoms with Crippen molar-refractivity contribution in [2.24, 2.45) is 0 Å². The molecule has 0 aromatic heterocycles. The minimum absolute atomic E-state index is 0.0524. The molecule has 2 aromatic rings. The molecule has 21 heavy (non-hydrogen) atoms. The van der Waals surface area contributed by atoms with Gasteiger partial charge in [-0.25, -0.2) is 4.39 Å². The largest absolute Gasteiger partial charge is 0.307 e. The first-order valence-corrected chi connectivity index (χ1v) is 7.73. The third-order valence-electron chi connectivity index (χ3n) is 4.49. The van der Waals surface area contributed by atoms with Gasteiger partial charge in [0, 0.05) is 12.1 Å². The molecule has 0 radical (unpaired) electrons. The van der Waals surface area contributed by atoms with Crippen molar-refractivity contribution in [3.05, 3.63) is 70.5 Å². The van der Waals surface area contributed by atoms with Crippen molar-refractivity contribution in [3.63, 3.8) is 0 Å². The van der Waals surface area contributed by atoms with Crippen molar-refractivity contribution in [2.45, 2.75) is 45.2 Å². The van der Waals surface area contributed by atoms with Crippen LogP contribution in [0.25, 0.3) is 0 Å². The van der Waals surface area contributed by atoms with Gasteiger partial charge in [0.1, 0.15) is 5.82 Å². The van der Waals surface area contributed by atoms with Gasteiger partial charge in [-0.15, -0.1) is 0 Å². The molecule has 2 heteroatoms. The highest BCUT2D eigenvalue weighted by atomic mass is 19.1. The lowest BCUT2D eigenvalue weighted by atomic mass is 10.0. The number of nitrogens with one attached hydrogen (secondary N) is 1. The molecule has 2 aromatic carbocycles. The molecular weight excluding hydrogens is 261 g/mol. The maximum Gasteiger partial charge on any atom is 0.126 e. The third-order valence-corrected chi connectivity index (χ3v) is 4.49. The zero-order valence-corrected chi connectivity index (χ0v) is 12.7. The summed E-state index contributed by atoms with van der Waals surface area (Å²) in [4.78, 5) is 0. The molecule has 1 N–H and O–H groups in total. The zero-order valence-electron chi connectivity index (χ0n) is 12.7. The van der Waals surface area contributed by atoms with Gasteiger partial charge in [0.25, 0.3) is 0 Å². The van der Waals surface area contributed by atoms with Gasteiger partial charge in [-0.3, -0.25) is 0 Å². The van der Waals surface area contributed by atoms with Crippen LogP contribution in [-0.2, 0) is 12.8 Å². The number of rotatable bonds is 4. The first-order valence-electron chi connectivity index (χ1n) is 7.73. The van der Waals surface area contributed by atoms with E-state index in [2.05, 4.69) is 49.5 Å². The number of fused-ring (bicyclic) bond motifs is 1. The molecule has 2 unspecified atom stereocenters. The normalized spacial score (nSPS) is 18.5. The molecule has 0 bridgehead atoms. The van der Waals surface area contributed by atoms with Crippen molar-refractivity contribution < 1.29 is 4.39 Å². The Balaban J connectivity index is 1.69. The summed E-state index contributed by atoms with van der Waals surface area (Å²) < 4.78 is 13.8. The topological polar surface area (TPSA) is 12.0 Å². The lowest BCUT2D eigenvalue weighted by Crippen LogP contribution is -2.31. The van der Waals surface area contributed by atoms with Crippen LogP contribution in [0.3, 0.4) is 0 Å². The molecule has 3 rings (SSSR count). The van der Waals surface area contributed by atoms with Crippen molar-refractivity contribution in [3.8, 4) is 0 Å². The summed E-state index contributed by atoms with van der Waals surface area (Å²) in [5, 5.41) is 3.67. The van der Waals surface area contributed by atoms with Gasteiger partial charge in [-0.2, -0.15) is 0 Å². The van der Waals surface area contributed by atoms with Gasteiger partial charge in [-0.1, -0.05) is 36.4 Å². The van der Waals surface area contributed by atoms with E-state index in [-0.39, 0.29) is 11.9 Å².